The van der Waals surface area contributed by atoms with Gasteiger partial charge in [-0.25, -0.2) is 0 Å². The van der Waals surface area contributed by atoms with Gasteiger partial charge in [-0.1, -0.05) is 23.9 Å². The summed E-state index contributed by atoms with van der Waals surface area (Å²) < 4.78 is 7.01. The van der Waals surface area contributed by atoms with Crippen molar-refractivity contribution in [2.45, 2.75) is 11.6 Å². The molecule has 1 heterocycles. The van der Waals surface area contributed by atoms with Crippen LogP contribution >= 0.6 is 11.8 Å². The minimum atomic E-state index is -0.523. The van der Waals surface area contributed by atoms with Crippen LogP contribution in [0.5, 0.6) is 5.75 Å². The minimum Gasteiger partial charge on any atom is -0.497 e. The molecule has 0 spiro atoms. The van der Waals surface area contributed by atoms with Gasteiger partial charge in [0.25, 0.3) is 5.69 Å². The van der Waals surface area contributed by atoms with Gasteiger partial charge in [-0.3, -0.25) is 14.9 Å². The van der Waals surface area contributed by atoms with Gasteiger partial charge in [0.15, 0.2) is 11.0 Å². The van der Waals surface area contributed by atoms with E-state index in [0.29, 0.717) is 16.7 Å². The maximum absolute atomic E-state index is 12.1. The number of benzene rings is 2. The zero-order chi connectivity index (χ0) is 20.8. The van der Waals surface area contributed by atoms with Gasteiger partial charge in [-0.15, -0.1) is 10.2 Å². The van der Waals surface area contributed by atoms with Crippen molar-refractivity contribution >= 4 is 29.0 Å². The number of rotatable bonds is 8. The minimum absolute atomic E-state index is 0.133. The van der Waals surface area contributed by atoms with E-state index >= 15 is 0 Å². The molecule has 1 aromatic heterocycles. The number of para-hydroxylation sites is 2. The Morgan fingerprint density at radius 1 is 1.21 bits per heavy atom. The lowest BCUT2D eigenvalue weighted by Gasteiger charge is -2.06. The summed E-state index contributed by atoms with van der Waals surface area (Å²) in [4.78, 5) is 22.6. The summed E-state index contributed by atoms with van der Waals surface area (Å²) in [7, 11) is 3.47. The number of nitro benzene ring substituents is 1. The first-order valence-electron chi connectivity index (χ1n) is 8.69. The molecule has 0 radical (unpaired) electrons. The number of amides is 1. The standard InChI is InChI=1S/C19H19N5O4S/c1-23-18(13-7-9-14(28-2)10-8-13)21-22-19(23)29-12-11-17(25)20-15-5-3-4-6-16(15)24(26)27/h3-10H,11-12H2,1-2H3,(H,20,25). The maximum atomic E-state index is 12.1. The fourth-order valence-corrected chi connectivity index (χ4v) is 3.47. The van der Waals surface area contributed by atoms with Crippen LogP contribution in [0.15, 0.2) is 53.7 Å². The first-order chi connectivity index (χ1) is 14.0. The highest BCUT2D eigenvalue weighted by atomic mass is 32.2. The Bertz CT molecular complexity index is 1020. The number of nitrogens with zero attached hydrogens (tertiary/aromatic N) is 4. The van der Waals surface area contributed by atoms with Gasteiger partial charge < -0.3 is 14.6 Å². The molecule has 0 fully saturated rings. The van der Waals surface area contributed by atoms with Crippen LogP contribution < -0.4 is 10.1 Å². The molecule has 150 valence electrons. The Kier molecular flexibility index (Phi) is 6.45. The van der Waals surface area contributed by atoms with E-state index in [-0.39, 0.29) is 23.7 Å². The molecule has 2 aromatic carbocycles. The molecule has 9 nitrogen and oxygen atoms in total. The van der Waals surface area contributed by atoms with E-state index in [2.05, 4.69) is 15.5 Å². The smallest absolute Gasteiger partial charge is 0.292 e. The van der Waals surface area contributed by atoms with E-state index in [1.165, 1.54) is 23.9 Å². The molecular weight excluding hydrogens is 394 g/mol. The van der Waals surface area contributed by atoms with Crippen LogP contribution in [-0.4, -0.2) is 38.5 Å². The first-order valence-corrected chi connectivity index (χ1v) is 9.68. The van der Waals surface area contributed by atoms with Gasteiger partial charge in [-0.2, -0.15) is 0 Å². The molecule has 29 heavy (non-hydrogen) atoms. The summed E-state index contributed by atoms with van der Waals surface area (Å²) in [6.45, 7) is 0. The van der Waals surface area contributed by atoms with Crippen LogP contribution in [0.2, 0.25) is 0 Å². The summed E-state index contributed by atoms with van der Waals surface area (Å²) in [6.07, 6.45) is 0.182. The van der Waals surface area contributed by atoms with Gasteiger partial charge in [0, 0.05) is 30.9 Å². The summed E-state index contributed by atoms with van der Waals surface area (Å²) in [5.74, 6) is 1.63. The van der Waals surface area contributed by atoms with Crippen molar-refractivity contribution in [2.24, 2.45) is 7.05 Å². The SMILES string of the molecule is COc1ccc(-c2nnc(SCCC(=O)Nc3ccccc3[N+](=O)[O-])n2C)cc1. The molecule has 3 aromatic rings. The molecule has 0 aliphatic heterocycles. The number of carbonyl (C=O) groups is 1. The van der Waals surface area contributed by atoms with Crippen LogP contribution in [0.4, 0.5) is 11.4 Å². The Hall–Kier alpha value is -3.40. The number of aromatic nitrogens is 3. The largest absolute Gasteiger partial charge is 0.497 e. The van der Waals surface area contributed by atoms with E-state index in [9.17, 15) is 14.9 Å². The maximum Gasteiger partial charge on any atom is 0.292 e. The average Bonchev–Trinajstić information content (AvgIpc) is 3.09. The van der Waals surface area contributed by atoms with Crippen LogP contribution in [-0.2, 0) is 11.8 Å². The normalized spacial score (nSPS) is 10.6. The molecule has 0 bridgehead atoms. The number of hydrogen-bond donors (Lipinski definition) is 1. The summed E-state index contributed by atoms with van der Waals surface area (Å²) in [6, 6.07) is 13.6. The van der Waals surface area contributed by atoms with E-state index in [4.69, 9.17) is 4.74 Å². The lowest BCUT2D eigenvalue weighted by atomic mass is 10.2. The average molecular weight is 413 g/mol. The van der Waals surface area contributed by atoms with Crippen molar-refractivity contribution < 1.29 is 14.5 Å². The second-order valence-electron chi connectivity index (χ2n) is 6.01. The number of hydrogen-bond acceptors (Lipinski definition) is 7. The summed E-state index contributed by atoms with van der Waals surface area (Å²) >= 11 is 1.39. The second-order valence-corrected chi connectivity index (χ2v) is 7.08. The molecule has 0 saturated carbocycles. The number of thioether (sulfide) groups is 1. The van der Waals surface area contributed by atoms with Crippen LogP contribution in [0.3, 0.4) is 0 Å². The Balaban J connectivity index is 1.58. The van der Waals surface area contributed by atoms with E-state index in [0.717, 1.165) is 11.3 Å². The van der Waals surface area contributed by atoms with Crippen molar-refractivity contribution in [1.29, 1.82) is 0 Å². The first kappa shape index (κ1) is 20.3. The topological polar surface area (TPSA) is 112 Å². The number of nitrogens with one attached hydrogen (secondary N) is 1. The Labute approximate surface area is 171 Å². The predicted octanol–water partition coefficient (Wildman–Crippen LogP) is 3.52. The van der Waals surface area contributed by atoms with E-state index in [1.807, 2.05) is 35.9 Å². The quantitative estimate of drug-likeness (QED) is 0.341. The molecule has 0 aliphatic rings. The van der Waals surface area contributed by atoms with Crippen molar-refractivity contribution in [3.8, 4) is 17.1 Å². The molecule has 10 heteroatoms. The zero-order valence-corrected chi connectivity index (χ0v) is 16.7. The van der Waals surface area contributed by atoms with Crippen molar-refractivity contribution in [1.82, 2.24) is 14.8 Å². The number of methoxy groups -OCH3 is 1. The fraction of sp³-hybridized carbons (Fsp3) is 0.211. The van der Waals surface area contributed by atoms with Crippen molar-refractivity contribution in [3.05, 3.63) is 58.6 Å². The number of nitro groups is 1. The van der Waals surface area contributed by atoms with E-state index in [1.54, 1.807) is 19.2 Å². The highest BCUT2D eigenvalue weighted by molar-refractivity contribution is 7.99. The summed E-state index contributed by atoms with van der Waals surface area (Å²) in [5.41, 5.74) is 0.959. The highest BCUT2D eigenvalue weighted by Crippen LogP contribution is 2.26. The molecule has 0 aliphatic carbocycles. The monoisotopic (exact) mass is 413 g/mol. The molecular formula is C19H19N5O4S. The Morgan fingerprint density at radius 3 is 2.62 bits per heavy atom. The van der Waals surface area contributed by atoms with Crippen molar-refractivity contribution in [3.63, 3.8) is 0 Å². The number of ether oxygens (including phenoxy) is 1. The van der Waals surface area contributed by atoms with Crippen LogP contribution in [0, 0.1) is 10.1 Å². The van der Waals surface area contributed by atoms with Gasteiger partial charge >= 0.3 is 0 Å². The molecule has 0 saturated heterocycles. The second kappa shape index (κ2) is 9.20. The molecule has 0 unspecified atom stereocenters. The molecule has 1 N–H and O–H groups in total. The fourth-order valence-electron chi connectivity index (χ4n) is 2.62. The van der Waals surface area contributed by atoms with Gasteiger partial charge in [-0.05, 0) is 30.3 Å². The third kappa shape index (κ3) is 4.91. The highest BCUT2D eigenvalue weighted by Gasteiger charge is 2.16. The molecule has 3 rings (SSSR count). The predicted molar refractivity (Wildman–Crippen MR) is 110 cm³/mol. The number of anilines is 1. The van der Waals surface area contributed by atoms with Gasteiger partial charge in [0.2, 0.25) is 5.91 Å². The van der Waals surface area contributed by atoms with Crippen LogP contribution in [0.1, 0.15) is 6.42 Å². The third-order valence-corrected chi connectivity index (χ3v) is 5.14. The summed E-state index contributed by atoms with van der Waals surface area (Å²) in [5, 5.41) is 22.7. The zero-order valence-electron chi connectivity index (χ0n) is 15.9. The number of carbonyl (C=O) groups excluding carboxylic acids is 1. The van der Waals surface area contributed by atoms with Crippen molar-refractivity contribution in [2.75, 3.05) is 18.2 Å². The lowest BCUT2D eigenvalue weighted by molar-refractivity contribution is -0.383. The lowest BCUT2D eigenvalue weighted by Crippen LogP contribution is -2.13. The van der Waals surface area contributed by atoms with Gasteiger partial charge in [0.05, 0.1) is 12.0 Å². The van der Waals surface area contributed by atoms with Crippen LogP contribution in [0.25, 0.3) is 11.4 Å². The van der Waals surface area contributed by atoms with Gasteiger partial charge in [0.1, 0.15) is 11.4 Å². The van der Waals surface area contributed by atoms with E-state index < -0.39 is 4.92 Å². The third-order valence-electron chi connectivity index (χ3n) is 4.12. The molecule has 0 atom stereocenters. The molecule has 1 amide bonds. The Morgan fingerprint density at radius 2 is 1.93 bits per heavy atom.